The third-order valence-electron chi connectivity index (χ3n) is 2.38. The van der Waals surface area contributed by atoms with Gasteiger partial charge in [-0.25, -0.2) is 8.78 Å². The lowest BCUT2D eigenvalue weighted by molar-refractivity contribution is 0.473. The number of nitriles is 1. The molecular weight excluding hydrogens is 224 g/mol. The zero-order valence-corrected chi connectivity index (χ0v) is 8.61. The largest absolute Gasteiger partial charge is 0.507 e. The van der Waals surface area contributed by atoms with Gasteiger partial charge in [0.2, 0.25) is 0 Å². The van der Waals surface area contributed by atoms with E-state index < -0.39 is 11.6 Å². The van der Waals surface area contributed by atoms with Crippen molar-refractivity contribution in [3.63, 3.8) is 0 Å². The summed E-state index contributed by atoms with van der Waals surface area (Å²) in [4.78, 5) is 0. The van der Waals surface area contributed by atoms with Crippen LogP contribution in [0.5, 0.6) is 5.75 Å². The molecule has 0 fully saturated rings. The summed E-state index contributed by atoms with van der Waals surface area (Å²) < 4.78 is 26.5. The van der Waals surface area contributed by atoms with Crippen LogP contribution < -0.4 is 0 Å². The Morgan fingerprint density at radius 1 is 1.12 bits per heavy atom. The smallest absolute Gasteiger partial charge is 0.166 e. The van der Waals surface area contributed by atoms with Crippen LogP contribution in [0.3, 0.4) is 0 Å². The molecular formula is C13H7F2NO. The molecule has 2 rings (SSSR count). The number of halogens is 2. The molecule has 0 bridgehead atoms. The molecule has 0 aliphatic carbocycles. The summed E-state index contributed by atoms with van der Waals surface area (Å²) in [5, 5.41) is 18.1. The lowest BCUT2D eigenvalue weighted by atomic mass is 10.0. The van der Waals surface area contributed by atoms with E-state index in [2.05, 4.69) is 0 Å². The second-order valence-electron chi connectivity index (χ2n) is 3.45. The maximum absolute atomic E-state index is 13.5. The summed E-state index contributed by atoms with van der Waals surface area (Å²) in [5.41, 5.74) is 0.453. The number of benzene rings is 2. The zero-order valence-electron chi connectivity index (χ0n) is 8.61. The number of phenols is 1. The molecule has 0 amide bonds. The molecule has 2 nitrogen and oxygen atoms in total. The maximum Gasteiger partial charge on any atom is 0.166 e. The van der Waals surface area contributed by atoms with E-state index in [0.29, 0.717) is 5.56 Å². The van der Waals surface area contributed by atoms with Crippen LogP contribution in [0.25, 0.3) is 11.1 Å². The van der Waals surface area contributed by atoms with Crippen molar-refractivity contribution in [1.82, 2.24) is 0 Å². The van der Waals surface area contributed by atoms with Crippen LogP contribution >= 0.6 is 0 Å². The van der Waals surface area contributed by atoms with Gasteiger partial charge in [-0.2, -0.15) is 5.26 Å². The first-order valence-electron chi connectivity index (χ1n) is 4.81. The number of rotatable bonds is 1. The van der Waals surface area contributed by atoms with Gasteiger partial charge in [0.1, 0.15) is 11.8 Å². The maximum atomic E-state index is 13.5. The van der Waals surface area contributed by atoms with Gasteiger partial charge in [-0.05, 0) is 23.8 Å². The van der Waals surface area contributed by atoms with Gasteiger partial charge in [0.15, 0.2) is 11.6 Å². The van der Waals surface area contributed by atoms with E-state index >= 15 is 0 Å². The molecule has 0 aliphatic rings. The fourth-order valence-corrected chi connectivity index (χ4v) is 1.52. The second-order valence-corrected chi connectivity index (χ2v) is 3.45. The highest BCUT2D eigenvalue weighted by Crippen LogP contribution is 2.28. The van der Waals surface area contributed by atoms with Crippen molar-refractivity contribution in [2.45, 2.75) is 0 Å². The van der Waals surface area contributed by atoms with Crippen LogP contribution in [0.15, 0.2) is 36.4 Å². The summed E-state index contributed by atoms with van der Waals surface area (Å²) in [6.45, 7) is 0. The minimum atomic E-state index is -0.975. The molecule has 0 atom stereocenters. The van der Waals surface area contributed by atoms with E-state index in [1.807, 2.05) is 0 Å². The normalized spacial score (nSPS) is 9.94. The quantitative estimate of drug-likeness (QED) is 0.818. The van der Waals surface area contributed by atoms with Crippen LogP contribution in [0.1, 0.15) is 5.56 Å². The predicted octanol–water partition coefficient (Wildman–Crippen LogP) is 3.21. The first-order chi connectivity index (χ1) is 8.13. The Morgan fingerprint density at radius 2 is 1.88 bits per heavy atom. The molecule has 0 spiro atoms. The standard InChI is InChI=1S/C13H7F2NO/c14-11-3-1-2-10(13(11)15)8-4-5-9(7-16)12(17)6-8/h1-6,17H. The van der Waals surface area contributed by atoms with E-state index in [9.17, 15) is 13.9 Å². The minimum absolute atomic E-state index is 0.0461. The van der Waals surface area contributed by atoms with Gasteiger partial charge in [-0.15, -0.1) is 0 Å². The molecule has 0 unspecified atom stereocenters. The van der Waals surface area contributed by atoms with E-state index in [-0.39, 0.29) is 16.9 Å². The van der Waals surface area contributed by atoms with Crippen molar-refractivity contribution in [3.05, 3.63) is 53.6 Å². The van der Waals surface area contributed by atoms with Gasteiger partial charge >= 0.3 is 0 Å². The molecule has 2 aromatic carbocycles. The fourth-order valence-electron chi connectivity index (χ4n) is 1.52. The van der Waals surface area contributed by atoms with E-state index in [4.69, 9.17) is 5.26 Å². The van der Waals surface area contributed by atoms with Crippen molar-refractivity contribution in [1.29, 1.82) is 5.26 Å². The van der Waals surface area contributed by atoms with Gasteiger partial charge in [0.05, 0.1) is 5.56 Å². The van der Waals surface area contributed by atoms with E-state index in [1.54, 1.807) is 6.07 Å². The molecule has 0 aliphatic heterocycles. The Hall–Kier alpha value is -2.41. The van der Waals surface area contributed by atoms with Gasteiger partial charge in [0, 0.05) is 5.56 Å². The Morgan fingerprint density at radius 3 is 2.53 bits per heavy atom. The number of hydrogen-bond acceptors (Lipinski definition) is 2. The van der Waals surface area contributed by atoms with Crippen molar-refractivity contribution >= 4 is 0 Å². The molecule has 84 valence electrons. The topological polar surface area (TPSA) is 44.0 Å². The monoisotopic (exact) mass is 231 g/mol. The number of aromatic hydroxyl groups is 1. The molecule has 4 heteroatoms. The van der Waals surface area contributed by atoms with Crippen LogP contribution in [0.4, 0.5) is 8.78 Å². The number of hydrogen-bond donors (Lipinski definition) is 1. The highest BCUT2D eigenvalue weighted by atomic mass is 19.2. The first-order valence-corrected chi connectivity index (χ1v) is 4.81. The first kappa shape index (κ1) is 11.1. The Labute approximate surface area is 96.4 Å². The second kappa shape index (κ2) is 4.22. The molecule has 1 N–H and O–H groups in total. The lowest BCUT2D eigenvalue weighted by Crippen LogP contribution is -1.89. The van der Waals surface area contributed by atoms with Gasteiger partial charge in [-0.3, -0.25) is 0 Å². The Balaban J connectivity index is 2.59. The van der Waals surface area contributed by atoms with Gasteiger partial charge in [-0.1, -0.05) is 18.2 Å². The van der Waals surface area contributed by atoms with Gasteiger partial charge in [0.25, 0.3) is 0 Å². The highest BCUT2D eigenvalue weighted by Gasteiger charge is 2.11. The third kappa shape index (κ3) is 1.95. The van der Waals surface area contributed by atoms with Crippen LogP contribution in [0.2, 0.25) is 0 Å². The zero-order chi connectivity index (χ0) is 12.4. The van der Waals surface area contributed by atoms with Crippen molar-refractivity contribution in [3.8, 4) is 22.9 Å². The lowest BCUT2D eigenvalue weighted by Gasteiger charge is -2.05. The summed E-state index contributed by atoms with van der Waals surface area (Å²) in [7, 11) is 0. The van der Waals surface area contributed by atoms with Gasteiger partial charge < -0.3 is 5.11 Å². The number of nitrogens with zero attached hydrogens (tertiary/aromatic N) is 1. The third-order valence-corrected chi connectivity index (χ3v) is 2.38. The molecule has 0 saturated carbocycles. The number of phenolic OH excluding ortho intramolecular Hbond substituents is 1. The summed E-state index contributed by atoms with van der Waals surface area (Å²) in [5.74, 6) is -2.18. The molecule has 2 aromatic rings. The minimum Gasteiger partial charge on any atom is -0.507 e. The SMILES string of the molecule is N#Cc1ccc(-c2cccc(F)c2F)cc1O. The molecule has 0 heterocycles. The van der Waals surface area contributed by atoms with Crippen molar-refractivity contribution in [2.24, 2.45) is 0 Å². The Bertz CT molecular complexity index is 617. The van der Waals surface area contributed by atoms with Crippen LogP contribution in [-0.2, 0) is 0 Å². The summed E-state index contributed by atoms with van der Waals surface area (Å²) >= 11 is 0. The average Bonchev–Trinajstić information content (AvgIpc) is 2.32. The fraction of sp³-hybridized carbons (Fsp3) is 0. The van der Waals surface area contributed by atoms with Crippen molar-refractivity contribution in [2.75, 3.05) is 0 Å². The predicted molar refractivity (Wildman–Crippen MR) is 58.2 cm³/mol. The van der Waals surface area contributed by atoms with Crippen LogP contribution in [-0.4, -0.2) is 5.11 Å². The Kier molecular flexibility index (Phi) is 2.75. The van der Waals surface area contributed by atoms with E-state index in [0.717, 1.165) is 6.07 Å². The molecule has 0 saturated heterocycles. The molecule has 0 radical (unpaired) electrons. The molecule has 0 aromatic heterocycles. The molecule has 17 heavy (non-hydrogen) atoms. The average molecular weight is 231 g/mol. The highest BCUT2D eigenvalue weighted by molar-refractivity contribution is 5.67. The summed E-state index contributed by atoms with van der Waals surface area (Å²) in [6, 6.07) is 9.62. The van der Waals surface area contributed by atoms with Crippen molar-refractivity contribution < 1.29 is 13.9 Å². The van der Waals surface area contributed by atoms with Crippen LogP contribution in [0, 0.1) is 23.0 Å². The van der Waals surface area contributed by atoms with E-state index in [1.165, 1.54) is 30.3 Å². The summed E-state index contributed by atoms with van der Waals surface area (Å²) in [6.07, 6.45) is 0.